The molecule has 1 aliphatic rings. The van der Waals surface area contributed by atoms with Gasteiger partial charge in [0.15, 0.2) is 11.5 Å². The van der Waals surface area contributed by atoms with Crippen molar-refractivity contribution >= 4 is 29.3 Å². The van der Waals surface area contributed by atoms with Crippen molar-refractivity contribution in [2.75, 3.05) is 31.5 Å². The number of nitrogens with one attached hydrogen (secondary N) is 2. The van der Waals surface area contributed by atoms with E-state index >= 15 is 0 Å². The standard InChI is InChI=1S/C21H32N2O4S/c1-14-5-7-15(8-6-14)20(24)23-17(11-12-28-4)21(25)22-16-9-10-18(26-2)19(13-16)27-3/h9-10,13-15,17H,5-8,11-12H2,1-4H3,(H,22,25)(H,23,24)/t14?,15?,17-/m1/s1. The number of ether oxygens (including phenoxy) is 2. The maximum Gasteiger partial charge on any atom is 0.246 e. The van der Waals surface area contributed by atoms with Gasteiger partial charge in [-0.1, -0.05) is 6.92 Å². The highest BCUT2D eigenvalue weighted by Crippen LogP contribution is 2.30. The SMILES string of the molecule is COc1ccc(NC(=O)[C@@H](CCSC)NC(=O)C2CCC(C)CC2)cc1OC. The Morgan fingerprint density at radius 1 is 1.14 bits per heavy atom. The lowest BCUT2D eigenvalue weighted by Crippen LogP contribution is -2.46. The van der Waals surface area contributed by atoms with Crippen molar-refractivity contribution in [2.45, 2.75) is 45.1 Å². The van der Waals surface area contributed by atoms with Crippen LogP contribution in [-0.4, -0.2) is 44.1 Å². The molecule has 2 rings (SSSR count). The second-order valence-electron chi connectivity index (χ2n) is 7.36. The molecule has 28 heavy (non-hydrogen) atoms. The van der Waals surface area contributed by atoms with Crippen molar-refractivity contribution in [3.8, 4) is 11.5 Å². The molecule has 1 fully saturated rings. The molecule has 7 heteroatoms. The lowest BCUT2D eigenvalue weighted by molar-refractivity contribution is -0.130. The third-order valence-corrected chi connectivity index (χ3v) is 5.93. The molecule has 1 atom stereocenters. The Kier molecular flexibility index (Phi) is 8.96. The molecule has 1 saturated carbocycles. The molecule has 6 nitrogen and oxygen atoms in total. The molecule has 2 amide bonds. The van der Waals surface area contributed by atoms with Gasteiger partial charge in [-0.3, -0.25) is 9.59 Å². The van der Waals surface area contributed by atoms with Gasteiger partial charge < -0.3 is 20.1 Å². The van der Waals surface area contributed by atoms with Gasteiger partial charge in [0.05, 0.1) is 14.2 Å². The third kappa shape index (κ3) is 6.33. The first kappa shape index (κ1) is 22.4. The van der Waals surface area contributed by atoms with E-state index in [0.29, 0.717) is 29.5 Å². The van der Waals surface area contributed by atoms with E-state index in [1.165, 1.54) is 0 Å². The zero-order valence-electron chi connectivity index (χ0n) is 17.2. The van der Waals surface area contributed by atoms with Crippen LogP contribution in [0.5, 0.6) is 11.5 Å². The summed E-state index contributed by atoms with van der Waals surface area (Å²) in [5, 5.41) is 5.88. The molecule has 0 bridgehead atoms. The Morgan fingerprint density at radius 3 is 2.43 bits per heavy atom. The van der Waals surface area contributed by atoms with E-state index in [9.17, 15) is 9.59 Å². The van der Waals surface area contributed by atoms with Crippen LogP contribution in [0.3, 0.4) is 0 Å². The van der Waals surface area contributed by atoms with Crippen molar-refractivity contribution in [3.05, 3.63) is 18.2 Å². The molecule has 0 spiro atoms. The van der Waals surface area contributed by atoms with Crippen LogP contribution in [0.4, 0.5) is 5.69 Å². The van der Waals surface area contributed by atoms with Gasteiger partial charge in [0, 0.05) is 17.7 Å². The van der Waals surface area contributed by atoms with E-state index < -0.39 is 6.04 Å². The van der Waals surface area contributed by atoms with Crippen molar-refractivity contribution < 1.29 is 19.1 Å². The third-order valence-electron chi connectivity index (χ3n) is 5.28. The second-order valence-corrected chi connectivity index (χ2v) is 8.34. The van der Waals surface area contributed by atoms with E-state index in [2.05, 4.69) is 17.6 Å². The topological polar surface area (TPSA) is 76.7 Å². The Bertz CT molecular complexity index is 660. The number of hydrogen-bond acceptors (Lipinski definition) is 5. The molecule has 1 aromatic rings. The summed E-state index contributed by atoms with van der Waals surface area (Å²) in [6.45, 7) is 2.23. The van der Waals surface area contributed by atoms with Crippen LogP contribution in [0.25, 0.3) is 0 Å². The maximum absolute atomic E-state index is 12.8. The number of benzene rings is 1. The summed E-state index contributed by atoms with van der Waals surface area (Å²) in [7, 11) is 3.12. The average Bonchev–Trinajstić information content (AvgIpc) is 2.71. The fraction of sp³-hybridized carbons (Fsp3) is 0.619. The van der Waals surface area contributed by atoms with Crippen LogP contribution < -0.4 is 20.1 Å². The number of anilines is 1. The molecule has 1 aliphatic carbocycles. The second kappa shape index (κ2) is 11.2. The Morgan fingerprint density at radius 2 is 1.82 bits per heavy atom. The normalized spacial score (nSPS) is 20.1. The van der Waals surface area contributed by atoms with Gasteiger partial charge in [0.1, 0.15) is 6.04 Å². The molecule has 156 valence electrons. The van der Waals surface area contributed by atoms with Gasteiger partial charge in [-0.25, -0.2) is 0 Å². The van der Waals surface area contributed by atoms with Gasteiger partial charge in [-0.15, -0.1) is 0 Å². The molecule has 1 aromatic carbocycles. The number of carbonyl (C=O) groups excluding carboxylic acids is 2. The van der Waals surface area contributed by atoms with E-state index in [0.717, 1.165) is 31.4 Å². The Labute approximate surface area is 172 Å². The van der Waals surface area contributed by atoms with E-state index in [4.69, 9.17) is 9.47 Å². The predicted octanol–water partition coefficient (Wildman–Crippen LogP) is 3.71. The van der Waals surface area contributed by atoms with Crippen molar-refractivity contribution in [2.24, 2.45) is 11.8 Å². The summed E-state index contributed by atoms with van der Waals surface area (Å²) in [6, 6.07) is 4.67. The van der Waals surface area contributed by atoms with E-state index in [1.54, 1.807) is 44.2 Å². The highest BCUT2D eigenvalue weighted by molar-refractivity contribution is 7.98. The zero-order chi connectivity index (χ0) is 20.5. The van der Waals surface area contributed by atoms with Gasteiger partial charge in [0.25, 0.3) is 0 Å². The van der Waals surface area contributed by atoms with Crippen molar-refractivity contribution in [1.29, 1.82) is 0 Å². The van der Waals surface area contributed by atoms with Gasteiger partial charge >= 0.3 is 0 Å². The number of hydrogen-bond donors (Lipinski definition) is 2. The predicted molar refractivity (Wildman–Crippen MR) is 114 cm³/mol. The van der Waals surface area contributed by atoms with Crippen LogP contribution in [0.15, 0.2) is 18.2 Å². The van der Waals surface area contributed by atoms with Crippen LogP contribution in [0.2, 0.25) is 0 Å². The minimum atomic E-state index is -0.549. The molecule has 0 aliphatic heterocycles. The zero-order valence-corrected chi connectivity index (χ0v) is 18.1. The first-order valence-corrected chi connectivity index (χ1v) is 11.2. The van der Waals surface area contributed by atoms with Crippen LogP contribution in [0, 0.1) is 11.8 Å². The number of thioether (sulfide) groups is 1. The molecule has 0 radical (unpaired) electrons. The highest BCUT2D eigenvalue weighted by atomic mass is 32.2. The molecule has 0 heterocycles. The smallest absolute Gasteiger partial charge is 0.246 e. The fourth-order valence-corrected chi connectivity index (χ4v) is 3.93. The lowest BCUT2D eigenvalue weighted by Gasteiger charge is -2.27. The summed E-state index contributed by atoms with van der Waals surface area (Å²) < 4.78 is 10.5. The average molecular weight is 409 g/mol. The lowest BCUT2D eigenvalue weighted by atomic mass is 9.82. The summed E-state index contributed by atoms with van der Waals surface area (Å²) >= 11 is 1.66. The molecule has 0 aromatic heterocycles. The van der Waals surface area contributed by atoms with Crippen LogP contribution >= 0.6 is 11.8 Å². The van der Waals surface area contributed by atoms with Gasteiger partial charge in [0.2, 0.25) is 11.8 Å². The monoisotopic (exact) mass is 408 g/mol. The van der Waals surface area contributed by atoms with E-state index in [-0.39, 0.29) is 17.7 Å². The molecule has 0 saturated heterocycles. The first-order valence-electron chi connectivity index (χ1n) is 9.80. The van der Waals surface area contributed by atoms with Crippen molar-refractivity contribution in [1.82, 2.24) is 5.32 Å². The maximum atomic E-state index is 12.8. The van der Waals surface area contributed by atoms with Gasteiger partial charge in [-0.05, 0) is 62.2 Å². The quantitative estimate of drug-likeness (QED) is 0.651. The largest absolute Gasteiger partial charge is 0.493 e. The first-order chi connectivity index (χ1) is 13.5. The summed E-state index contributed by atoms with van der Waals surface area (Å²) in [6.07, 6.45) is 6.54. The number of methoxy groups -OCH3 is 2. The number of rotatable bonds is 9. The molecule has 0 unspecified atom stereocenters. The highest BCUT2D eigenvalue weighted by Gasteiger charge is 2.28. The van der Waals surface area contributed by atoms with Crippen molar-refractivity contribution in [3.63, 3.8) is 0 Å². The van der Waals surface area contributed by atoms with Gasteiger partial charge in [-0.2, -0.15) is 11.8 Å². The minimum Gasteiger partial charge on any atom is -0.493 e. The number of amides is 2. The molecular weight excluding hydrogens is 376 g/mol. The van der Waals surface area contributed by atoms with Crippen LogP contribution in [-0.2, 0) is 9.59 Å². The summed E-state index contributed by atoms with van der Waals surface area (Å²) in [5.41, 5.74) is 0.609. The molecule has 2 N–H and O–H groups in total. The number of carbonyl (C=O) groups is 2. The van der Waals surface area contributed by atoms with E-state index in [1.807, 2.05) is 6.26 Å². The Balaban J connectivity index is 2.03. The minimum absolute atomic E-state index is 0.000430. The van der Waals surface area contributed by atoms with Crippen LogP contribution in [0.1, 0.15) is 39.0 Å². The molecular formula is C21H32N2O4S. The summed E-state index contributed by atoms with van der Waals surface area (Å²) in [4.78, 5) is 25.5. The Hall–Kier alpha value is -1.89. The fourth-order valence-electron chi connectivity index (χ4n) is 3.46. The summed E-state index contributed by atoms with van der Waals surface area (Å²) in [5.74, 6) is 2.43.